The van der Waals surface area contributed by atoms with Crippen LogP contribution in [0.5, 0.6) is 0 Å². The van der Waals surface area contributed by atoms with Crippen molar-refractivity contribution in [2.45, 2.75) is 78.5 Å². The van der Waals surface area contributed by atoms with Gasteiger partial charge >= 0.3 is 0 Å². The maximum Gasteiger partial charge on any atom is 0.192 e. The summed E-state index contributed by atoms with van der Waals surface area (Å²) in [5.41, 5.74) is 2.38. The Kier molecular flexibility index (Phi) is 6.20. The van der Waals surface area contributed by atoms with E-state index in [-0.39, 0.29) is 5.78 Å². The standard InChI is InChI=1S/C25H37NO2Si2/c1-9-10-17-26-22-14-12-11-13-20(22)21-18-19(15-16-23(21)26)24(27)25(2,3)28-30(7,8)29(4,5)6/h11-16,18H,9-10,17H2,1-8H3. The van der Waals surface area contributed by atoms with Gasteiger partial charge in [0.25, 0.3) is 0 Å². The minimum atomic E-state index is -1.93. The highest BCUT2D eigenvalue weighted by molar-refractivity contribution is 7.37. The zero-order chi connectivity index (χ0) is 22.3. The van der Waals surface area contributed by atoms with Gasteiger partial charge in [0.15, 0.2) is 13.6 Å². The Morgan fingerprint density at radius 1 is 0.967 bits per heavy atom. The van der Waals surface area contributed by atoms with E-state index in [9.17, 15) is 4.79 Å². The lowest BCUT2D eigenvalue weighted by molar-refractivity contribution is 0.0569. The highest BCUT2D eigenvalue weighted by Gasteiger charge is 2.45. The van der Waals surface area contributed by atoms with E-state index >= 15 is 0 Å². The Balaban J connectivity index is 2.05. The summed E-state index contributed by atoms with van der Waals surface area (Å²) in [6.07, 6.45) is 2.30. The summed E-state index contributed by atoms with van der Waals surface area (Å²) in [7, 11) is -3.40. The predicted molar refractivity (Wildman–Crippen MR) is 135 cm³/mol. The topological polar surface area (TPSA) is 31.2 Å². The average molecular weight is 440 g/mol. The monoisotopic (exact) mass is 439 g/mol. The Bertz CT molecular complexity index is 1070. The molecule has 162 valence electrons. The van der Waals surface area contributed by atoms with E-state index in [4.69, 9.17) is 4.43 Å². The molecule has 0 amide bonds. The van der Waals surface area contributed by atoms with Crippen LogP contribution >= 0.6 is 0 Å². The molecule has 1 heterocycles. The molecule has 0 N–H and O–H groups in total. The molecule has 0 atom stereocenters. The van der Waals surface area contributed by atoms with Crippen LogP contribution < -0.4 is 0 Å². The molecule has 3 rings (SSSR count). The van der Waals surface area contributed by atoms with Crippen molar-refractivity contribution in [2.24, 2.45) is 0 Å². The van der Waals surface area contributed by atoms with Crippen molar-refractivity contribution in [3.8, 4) is 0 Å². The molecule has 0 spiro atoms. The molecule has 1 aromatic heterocycles. The summed E-state index contributed by atoms with van der Waals surface area (Å²) >= 11 is 0. The summed E-state index contributed by atoms with van der Waals surface area (Å²) in [5, 5.41) is 2.37. The molecule has 0 aliphatic rings. The number of fused-ring (bicyclic) bond motifs is 3. The largest absolute Gasteiger partial charge is 0.408 e. The number of carbonyl (C=O) groups excluding carboxylic acids is 1. The maximum atomic E-state index is 13.5. The van der Waals surface area contributed by atoms with Gasteiger partial charge in [0, 0.05) is 33.9 Å². The molecule has 0 aliphatic carbocycles. The van der Waals surface area contributed by atoms with Crippen molar-refractivity contribution in [3.05, 3.63) is 48.0 Å². The first-order valence-electron chi connectivity index (χ1n) is 11.1. The van der Waals surface area contributed by atoms with Crippen LogP contribution in [0, 0.1) is 0 Å². The van der Waals surface area contributed by atoms with Gasteiger partial charge in [-0.1, -0.05) is 51.2 Å². The van der Waals surface area contributed by atoms with E-state index in [1.165, 1.54) is 16.4 Å². The number of hydrogen-bond donors (Lipinski definition) is 0. The summed E-state index contributed by atoms with van der Waals surface area (Å²) in [5.74, 6) is 0.0774. The second kappa shape index (κ2) is 8.10. The molecule has 0 saturated carbocycles. The minimum absolute atomic E-state index is 0.0774. The highest BCUT2D eigenvalue weighted by Crippen LogP contribution is 2.33. The van der Waals surface area contributed by atoms with Crippen LogP contribution in [0.2, 0.25) is 32.7 Å². The normalized spacial score (nSPS) is 13.3. The Labute approximate surface area is 183 Å². The van der Waals surface area contributed by atoms with Crippen LogP contribution in [0.15, 0.2) is 42.5 Å². The third kappa shape index (κ3) is 4.20. The summed E-state index contributed by atoms with van der Waals surface area (Å²) in [6.45, 7) is 18.7. The second-order valence-corrected chi connectivity index (χ2v) is 26.3. The molecule has 2 aromatic carbocycles. The van der Waals surface area contributed by atoms with E-state index in [2.05, 4.69) is 80.6 Å². The molecule has 0 aliphatic heterocycles. The Morgan fingerprint density at radius 3 is 2.23 bits per heavy atom. The number of aromatic nitrogens is 1. The third-order valence-corrected chi connectivity index (χ3v) is 22.4. The molecule has 5 heteroatoms. The first kappa shape index (κ1) is 23.0. The molecular formula is C25H37NO2Si2. The summed E-state index contributed by atoms with van der Waals surface area (Å²) < 4.78 is 9.00. The number of benzene rings is 2. The second-order valence-electron chi connectivity index (χ2n) is 10.5. The predicted octanol–water partition coefficient (Wildman–Crippen LogP) is 7.19. The number of ketones is 1. The van der Waals surface area contributed by atoms with Crippen molar-refractivity contribution >= 4 is 43.0 Å². The molecule has 0 fully saturated rings. The van der Waals surface area contributed by atoms with E-state index < -0.39 is 21.0 Å². The Morgan fingerprint density at radius 2 is 1.60 bits per heavy atom. The zero-order valence-electron chi connectivity index (χ0n) is 19.9. The third-order valence-electron chi connectivity index (χ3n) is 6.63. The van der Waals surface area contributed by atoms with E-state index in [0.717, 1.165) is 30.3 Å². The lowest BCUT2D eigenvalue weighted by atomic mass is 9.95. The average Bonchev–Trinajstić information content (AvgIpc) is 2.97. The number of para-hydroxylation sites is 1. The van der Waals surface area contributed by atoms with Gasteiger partial charge in [0.05, 0.1) is 7.59 Å². The van der Waals surface area contributed by atoms with Crippen molar-refractivity contribution < 1.29 is 9.22 Å². The van der Waals surface area contributed by atoms with Gasteiger partial charge in [0.2, 0.25) is 0 Å². The molecule has 0 bridgehead atoms. The van der Waals surface area contributed by atoms with E-state index in [1.54, 1.807) is 0 Å². The van der Waals surface area contributed by atoms with Crippen LogP contribution in [0.3, 0.4) is 0 Å². The van der Waals surface area contributed by atoms with Gasteiger partial charge in [-0.05, 0) is 57.6 Å². The molecule has 3 nitrogen and oxygen atoms in total. The highest BCUT2D eigenvalue weighted by atomic mass is 29.3. The van der Waals surface area contributed by atoms with Gasteiger partial charge in [-0.25, -0.2) is 0 Å². The first-order chi connectivity index (χ1) is 13.9. The number of carbonyl (C=O) groups is 1. The molecular weight excluding hydrogens is 402 g/mol. The fraction of sp³-hybridized carbons (Fsp3) is 0.480. The SMILES string of the molecule is CCCCn1c2ccccc2c2cc(C(=O)C(C)(C)O[Si](C)(C)[Si](C)(C)C)ccc21. The van der Waals surface area contributed by atoms with Gasteiger partial charge in [-0.2, -0.15) is 0 Å². The first-order valence-corrected chi connectivity index (χ1v) is 18.6. The summed E-state index contributed by atoms with van der Waals surface area (Å²) in [4.78, 5) is 13.5. The number of hydrogen-bond acceptors (Lipinski definition) is 2. The van der Waals surface area contributed by atoms with Gasteiger partial charge < -0.3 is 8.99 Å². The van der Waals surface area contributed by atoms with Crippen molar-refractivity contribution in [3.63, 3.8) is 0 Å². The number of unbranched alkanes of at least 4 members (excludes halogenated alkanes) is 1. The molecule has 3 aromatic rings. The number of aryl methyl sites for hydroxylation is 1. The smallest absolute Gasteiger partial charge is 0.192 e. The molecule has 0 unspecified atom stereocenters. The zero-order valence-corrected chi connectivity index (χ0v) is 21.9. The lowest BCUT2D eigenvalue weighted by Gasteiger charge is -2.41. The molecule has 0 radical (unpaired) electrons. The fourth-order valence-electron chi connectivity index (χ4n) is 3.94. The van der Waals surface area contributed by atoms with Crippen LogP contribution in [0.1, 0.15) is 44.0 Å². The van der Waals surface area contributed by atoms with E-state index in [0.29, 0.717) is 0 Å². The number of Topliss-reactive ketones (excluding diaryl/α,β-unsaturated/α-hetero) is 1. The minimum Gasteiger partial charge on any atom is -0.408 e. The van der Waals surface area contributed by atoms with Crippen molar-refractivity contribution in [2.75, 3.05) is 0 Å². The van der Waals surface area contributed by atoms with Crippen molar-refractivity contribution in [1.82, 2.24) is 4.57 Å². The van der Waals surface area contributed by atoms with Gasteiger partial charge in [-0.3, -0.25) is 4.79 Å². The maximum absolute atomic E-state index is 13.5. The van der Waals surface area contributed by atoms with Crippen molar-refractivity contribution in [1.29, 1.82) is 0 Å². The fourth-order valence-corrected chi connectivity index (χ4v) is 7.30. The molecule has 30 heavy (non-hydrogen) atoms. The van der Waals surface area contributed by atoms with Gasteiger partial charge in [-0.15, -0.1) is 0 Å². The van der Waals surface area contributed by atoms with Crippen LogP contribution in [0.25, 0.3) is 21.8 Å². The van der Waals surface area contributed by atoms with Crippen LogP contribution in [-0.4, -0.2) is 31.4 Å². The van der Waals surface area contributed by atoms with E-state index in [1.807, 2.05) is 19.9 Å². The number of nitrogens with zero attached hydrogens (tertiary/aromatic N) is 1. The summed E-state index contributed by atoms with van der Waals surface area (Å²) in [6, 6.07) is 14.7. The lowest BCUT2D eigenvalue weighted by Crippen LogP contribution is -2.59. The Hall–Kier alpha value is -1.70. The van der Waals surface area contributed by atoms with Crippen LogP contribution in [-0.2, 0) is 11.0 Å². The number of rotatable bonds is 8. The quantitative estimate of drug-likeness (QED) is 0.274. The van der Waals surface area contributed by atoms with Crippen LogP contribution in [0.4, 0.5) is 0 Å². The van der Waals surface area contributed by atoms with Gasteiger partial charge in [0.1, 0.15) is 5.60 Å². The molecule has 0 saturated heterocycles.